The Morgan fingerprint density at radius 1 is 1.22 bits per heavy atom. The summed E-state index contributed by atoms with van der Waals surface area (Å²) in [6.07, 6.45) is -0.562. The quantitative estimate of drug-likeness (QED) is 0.753. The number of amides is 1. The number of nitrogens with two attached hydrogens (primary N) is 1. The summed E-state index contributed by atoms with van der Waals surface area (Å²) < 4.78 is 47.0. The predicted octanol–water partition coefficient (Wildman–Crippen LogP) is 3.93. The zero-order valence-corrected chi connectivity index (χ0v) is 14.3. The van der Waals surface area contributed by atoms with E-state index in [4.69, 9.17) is 10.2 Å². The zero-order valence-electron chi connectivity index (χ0n) is 14.3. The molecule has 1 aliphatic heterocycles. The van der Waals surface area contributed by atoms with Gasteiger partial charge < -0.3 is 10.2 Å². The highest BCUT2D eigenvalue weighted by Gasteiger charge is 2.47. The van der Waals surface area contributed by atoms with E-state index in [2.05, 4.69) is 0 Å². The lowest BCUT2D eigenvalue weighted by atomic mass is 10.1. The van der Waals surface area contributed by atoms with Crippen LogP contribution in [0.25, 0.3) is 22.3 Å². The second kappa shape index (κ2) is 6.42. The SMILES string of the molecule is NC(=O)[C@@H]1CC(F)(F)CN1Cc1ccc2oc(-c3ccccc3F)cc2c1. The first-order chi connectivity index (χ1) is 12.8. The van der Waals surface area contributed by atoms with Gasteiger partial charge in [0, 0.05) is 18.4 Å². The standard InChI is InChI=1S/C20H17F3N2O2/c21-15-4-2-1-3-14(15)18-8-13-7-12(5-6-17(13)27-18)10-25-11-20(22,23)9-16(25)19(24)26/h1-8,16H,9-11H2,(H2,24,26)/t16-/m0/s1. The minimum atomic E-state index is -2.93. The second-order valence-electron chi connectivity index (χ2n) is 6.85. The van der Waals surface area contributed by atoms with Crippen LogP contribution in [0.15, 0.2) is 52.9 Å². The lowest BCUT2D eigenvalue weighted by molar-refractivity contribution is -0.122. The maximum absolute atomic E-state index is 14.0. The van der Waals surface area contributed by atoms with Crippen LogP contribution in [0, 0.1) is 5.82 Å². The van der Waals surface area contributed by atoms with Gasteiger partial charge in [-0.25, -0.2) is 13.2 Å². The number of rotatable bonds is 4. The fourth-order valence-corrected chi connectivity index (χ4v) is 3.55. The summed E-state index contributed by atoms with van der Waals surface area (Å²) in [4.78, 5) is 12.9. The van der Waals surface area contributed by atoms with Crippen LogP contribution >= 0.6 is 0 Å². The van der Waals surface area contributed by atoms with E-state index in [1.165, 1.54) is 11.0 Å². The molecule has 1 atom stereocenters. The number of furan rings is 1. The molecule has 27 heavy (non-hydrogen) atoms. The van der Waals surface area contributed by atoms with E-state index >= 15 is 0 Å². The molecule has 0 bridgehead atoms. The molecule has 0 aliphatic carbocycles. The largest absolute Gasteiger partial charge is 0.456 e. The topological polar surface area (TPSA) is 59.5 Å². The number of benzene rings is 2. The van der Waals surface area contributed by atoms with Gasteiger partial charge in [0.2, 0.25) is 5.91 Å². The summed E-state index contributed by atoms with van der Waals surface area (Å²) in [6, 6.07) is 12.2. The molecular formula is C20H17F3N2O2. The number of halogens is 3. The van der Waals surface area contributed by atoms with Gasteiger partial charge in [0.15, 0.2) is 0 Å². The molecule has 0 saturated carbocycles. The summed E-state index contributed by atoms with van der Waals surface area (Å²) in [5.74, 6) is -3.68. The van der Waals surface area contributed by atoms with Crippen LogP contribution in [0.1, 0.15) is 12.0 Å². The number of carbonyl (C=O) groups excluding carboxylic acids is 1. The Balaban J connectivity index is 1.62. The summed E-state index contributed by atoms with van der Waals surface area (Å²) in [5.41, 5.74) is 6.93. The average molecular weight is 374 g/mol. The predicted molar refractivity (Wildman–Crippen MR) is 94.6 cm³/mol. The molecule has 0 radical (unpaired) electrons. The lowest BCUT2D eigenvalue weighted by Crippen LogP contribution is -2.39. The third-order valence-corrected chi connectivity index (χ3v) is 4.80. The molecule has 0 unspecified atom stereocenters. The second-order valence-corrected chi connectivity index (χ2v) is 6.85. The van der Waals surface area contributed by atoms with Crippen LogP contribution in [0.4, 0.5) is 13.2 Å². The third-order valence-electron chi connectivity index (χ3n) is 4.80. The molecule has 2 heterocycles. The van der Waals surface area contributed by atoms with E-state index in [9.17, 15) is 18.0 Å². The molecular weight excluding hydrogens is 357 g/mol. The van der Waals surface area contributed by atoms with Gasteiger partial charge in [-0.1, -0.05) is 18.2 Å². The molecule has 3 aromatic rings. The van der Waals surface area contributed by atoms with Crippen molar-refractivity contribution in [1.29, 1.82) is 0 Å². The number of likely N-dealkylation sites (tertiary alicyclic amines) is 1. The van der Waals surface area contributed by atoms with E-state index in [1.54, 1.807) is 42.5 Å². The Bertz CT molecular complexity index is 1020. The molecule has 2 N–H and O–H groups in total. The van der Waals surface area contributed by atoms with Crippen LogP contribution < -0.4 is 5.73 Å². The summed E-state index contributed by atoms with van der Waals surface area (Å²) in [6.45, 7) is -0.343. The van der Waals surface area contributed by atoms with Gasteiger partial charge >= 0.3 is 0 Å². The van der Waals surface area contributed by atoms with Crippen LogP contribution in [0.2, 0.25) is 0 Å². The highest BCUT2D eigenvalue weighted by Crippen LogP contribution is 2.34. The molecule has 1 fully saturated rings. The van der Waals surface area contributed by atoms with Crippen molar-refractivity contribution in [3.63, 3.8) is 0 Å². The number of hydrogen-bond donors (Lipinski definition) is 1. The molecule has 1 saturated heterocycles. The number of primary amides is 1. The molecule has 1 aliphatic rings. The Labute approximate surface area is 153 Å². The first kappa shape index (κ1) is 17.6. The van der Waals surface area contributed by atoms with Gasteiger partial charge in [-0.2, -0.15) is 0 Å². The number of fused-ring (bicyclic) bond motifs is 1. The molecule has 1 aromatic heterocycles. The number of hydrogen-bond acceptors (Lipinski definition) is 3. The smallest absolute Gasteiger partial charge is 0.262 e. The van der Waals surface area contributed by atoms with Crippen LogP contribution in [-0.2, 0) is 11.3 Å². The van der Waals surface area contributed by atoms with Gasteiger partial charge in [0.25, 0.3) is 5.92 Å². The molecule has 140 valence electrons. The summed E-state index contributed by atoms with van der Waals surface area (Å²) in [5, 5.41) is 0.729. The van der Waals surface area contributed by atoms with Crippen molar-refractivity contribution in [1.82, 2.24) is 4.90 Å². The molecule has 0 spiro atoms. The molecule has 2 aromatic carbocycles. The highest BCUT2D eigenvalue weighted by atomic mass is 19.3. The van der Waals surface area contributed by atoms with Crippen LogP contribution in [0.3, 0.4) is 0 Å². The molecule has 4 rings (SSSR count). The van der Waals surface area contributed by atoms with Crippen molar-refractivity contribution < 1.29 is 22.4 Å². The number of nitrogens with zero attached hydrogens (tertiary/aromatic N) is 1. The van der Waals surface area contributed by atoms with Gasteiger partial charge in [-0.3, -0.25) is 9.69 Å². The number of alkyl halides is 2. The van der Waals surface area contributed by atoms with Crippen molar-refractivity contribution in [2.24, 2.45) is 5.73 Å². The van der Waals surface area contributed by atoms with Crippen LogP contribution in [-0.4, -0.2) is 29.3 Å². The van der Waals surface area contributed by atoms with Crippen molar-refractivity contribution in [2.45, 2.75) is 24.9 Å². The summed E-state index contributed by atoms with van der Waals surface area (Å²) >= 11 is 0. The lowest BCUT2D eigenvalue weighted by Gasteiger charge is -2.21. The first-order valence-electron chi connectivity index (χ1n) is 8.51. The van der Waals surface area contributed by atoms with E-state index < -0.39 is 30.8 Å². The third kappa shape index (κ3) is 3.42. The minimum Gasteiger partial charge on any atom is -0.456 e. The Morgan fingerprint density at radius 2 is 2.00 bits per heavy atom. The van der Waals surface area contributed by atoms with Gasteiger partial charge in [0.1, 0.15) is 17.2 Å². The Kier molecular flexibility index (Phi) is 4.19. The van der Waals surface area contributed by atoms with E-state index in [0.29, 0.717) is 16.9 Å². The first-order valence-corrected chi connectivity index (χ1v) is 8.51. The van der Waals surface area contributed by atoms with Gasteiger partial charge in [-0.05, 0) is 35.9 Å². The molecule has 7 heteroatoms. The molecule has 4 nitrogen and oxygen atoms in total. The van der Waals surface area contributed by atoms with Crippen molar-refractivity contribution >= 4 is 16.9 Å². The van der Waals surface area contributed by atoms with Crippen molar-refractivity contribution in [3.05, 3.63) is 59.9 Å². The minimum absolute atomic E-state index is 0.166. The highest BCUT2D eigenvalue weighted by molar-refractivity contribution is 5.83. The van der Waals surface area contributed by atoms with E-state index in [1.807, 2.05) is 0 Å². The Morgan fingerprint density at radius 3 is 2.74 bits per heavy atom. The monoisotopic (exact) mass is 374 g/mol. The Hall–Kier alpha value is -2.80. The van der Waals surface area contributed by atoms with Gasteiger partial charge in [-0.15, -0.1) is 0 Å². The zero-order chi connectivity index (χ0) is 19.2. The van der Waals surface area contributed by atoms with Crippen molar-refractivity contribution in [2.75, 3.05) is 6.54 Å². The summed E-state index contributed by atoms with van der Waals surface area (Å²) in [7, 11) is 0. The average Bonchev–Trinajstić information content (AvgIpc) is 3.15. The van der Waals surface area contributed by atoms with Gasteiger partial charge in [0.05, 0.1) is 18.2 Å². The molecule has 1 amide bonds. The maximum Gasteiger partial charge on any atom is 0.262 e. The fourth-order valence-electron chi connectivity index (χ4n) is 3.55. The van der Waals surface area contributed by atoms with E-state index in [0.717, 1.165) is 10.9 Å². The van der Waals surface area contributed by atoms with Crippen molar-refractivity contribution in [3.8, 4) is 11.3 Å². The fraction of sp³-hybridized carbons (Fsp3) is 0.250. The number of carbonyl (C=O) groups is 1. The normalized spacial score (nSPS) is 19.6. The maximum atomic E-state index is 14.0. The van der Waals surface area contributed by atoms with Crippen LogP contribution in [0.5, 0.6) is 0 Å². The van der Waals surface area contributed by atoms with E-state index in [-0.39, 0.29) is 12.4 Å².